The number of aliphatic hydroxyl groups excluding tert-OH is 1. The van der Waals surface area contributed by atoms with Crippen LogP contribution < -0.4 is 10.2 Å². The fourth-order valence-corrected chi connectivity index (χ4v) is 2.23. The number of aliphatic hydroxyl groups is 1. The maximum atomic E-state index is 8.94. The molecule has 0 saturated carbocycles. The average molecular weight is 236 g/mol. The van der Waals surface area contributed by atoms with Crippen LogP contribution in [0.3, 0.4) is 0 Å². The molecule has 0 amide bonds. The van der Waals surface area contributed by atoms with Gasteiger partial charge in [-0.2, -0.15) is 0 Å². The van der Waals surface area contributed by atoms with Crippen LogP contribution in [0.5, 0.6) is 0 Å². The Morgan fingerprint density at radius 3 is 3.18 bits per heavy atom. The first-order chi connectivity index (χ1) is 8.33. The highest BCUT2D eigenvalue weighted by Crippen LogP contribution is 2.24. The lowest BCUT2D eigenvalue weighted by molar-refractivity contribution is 0.263. The van der Waals surface area contributed by atoms with E-state index in [0.717, 1.165) is 44.1 Å². The molecule has 1 aliphatic rings. The van der Waals surface area contributed by atoms with Crippen molar-refractivity contribution in [3.05, 3.63) is 12.4 Å². The maximum absolute atomic E-state index is 8.94. The van der Waals surface area contributed by atoms with Gasteiger partial charge in [-0.05, 0) is 25.7 Å². The summed E-state index contributed by atoms with van der Waals surface area (Å²) >= 11 is 0. The van der Waals surface area contributed by atoms with Gasteiger partial charge >= 0.3 is 0 Å². The Hall–Kier alpha value is -1.36. The van der Waals surface area contributed by atoms with Crippen LogP contribution >= 0.6 is 0 Å². The number of nitrogens with one attached hydrogen (secondary N) is 1. The summed E-state index contributed by atoms with van der Waals surface area (Å²) in [4.78, 5) is 11.0. The topological polar surface area (TPSA) is 61.3 Å². The third-order valence-corrected chi connectivity index (χ3v) is 3.13. The highest BCUT2D eigenvalue weighted by molar-refractivity contribution is 5.44. The van der Waals surface area contributed by atoms with E-state index in [2.05, 4.69) is 20.2 Å². The van der Waals surface area contributed by atoms with E-state index in [-0.39, 0.29) is 6.61 Å². The van der Waals surface area contributed by atoms with Crippen LogP contribution in [0.15, 0.2) is 12.4 Å². The van der Waals surface area contributed by atoms with Crippen molar-refractivity contribution in [1.82, 2.24) is 9.97 Å². The second-order valence-corrected chi connectivity index (χ2v) is 4.41. The first-order valence-corrected chi connectivity index (χ1v) is 6.25. The van der Waals surface area contributed by atoms with Gasteiger partial charge in [-0.3, -0.25) is 4.98 Å². The van der Waals surface area contributed by atoms with E-state index in [9.17, 15) is 0 Å². The van der Waals surface area contributed by atoms with Gasteiger partial charge in [0.2, 0.25) is 0 Å². The SMILES string of the molecule is CCNc1cncc(N2CCC(CCO)C2)n1. The Morgan fingerprint density at radius 2 is 2.41 bits per heavy atom. The molecule has 5 nitrogen and oxygen atoms in total. The average Bonchev–Trinajstić information content (AvgIpc) is 2.79. The van der Waals surface area contributed by atoms with Crippen molar-refractivity contribution in [3.63, 3.8) is 0 Å². The summed E-state index contributed by atoms with van der Waals surface area (Å²) in [6, 6.07) is 0. The minimum absolute atomic E-state index is 0.279. The van der Waals surface area contributed by atoms with Gasteiger partial charge in [0.05, 0.1) is 12.4 Å². The molecule has 2 rings (SSSR count). The van der Waals surface area contributed by atoms with Crippen molar-refractivity contribution in [2.75, 3.05) is 36.5 Å². The largest absolute Gasteiger partial charge is 0.396 e. The molecule has 0 aliphatic carbocycles. The van der Waals surface area contributed by atoms with E-state index in [1.54, 1.807) is 6.20 Å². The smallest absolute Gasteiger partial charge is 0.149 e. The zero-order valence-electron chi connectivity index (χ0n) is 10.3. The van der Waals surface area contributed by atoms with Crippen LogP contribution in [-0.4, -0.2) is 41.3 Å². The van der Waals surface area contributed by atoms with Crippen LogP contribution in [0.4, 0.5) is 11.6 Å². The summed E-state index contributed by atoms with van der Waals surface area (Å²) in [6.45, 7) is 5.16. The molecule has 1 atom stereocenters. The van der Waals surface area contributed by atoms with Crippen molar-refractivity contribution >= 4 is 11.6 Å². The number of hydrogen-bond donors (Lipinski definition) is 2. The fraction of sp³-hybridized carbons (Fsp3) is 0.667. The monoisotopic (exact) mass is 236 g/mol. The summed E-state index contributed by atoms with van der Waals surface area (Å²) in [6.07, 6.45) is 5.57. The van der Waals surface area contributed by atoms with Gasteiger partial charge in [-0.15, -0.1) is 0 Å². The lowest BCUT2D eigenvalue weighted by atomic mass is 10.1. The van der Waals surface area contributed by atoms with E-state index < -0.39 is 0 Å². The number of hydrogen-bond acceptors (Lipinski definition) is 5. The minimum Gasteiger partial charge on any atom is -0.396 e. The van der Waals surface area contributed by atoms with Crippen LogP contribution in [-0.2, 0) is 0 Å². The molecule has 1 aromatic heterocycles. The molecule has 1 aromatic rings. The summed E-state index contributed by atoms with van der Waals surface area (Å²) in [5.41, 5.74) is 0. The Morgan fingerprint density at radius 1 is 1.53 bits per heavy atom. The minimum atomic E-state index is 0.279. The Balaban J connectivity index is 2.00. The quantitative estimate of drug-likeness (QED) is 0.802. The molecule has 0 radical (unpaired) electrons. The second-order valence-electron chi connectivity index (χ2n) is 4.41. The normalized spacial score (nSPS) is 19.6. The van der Waals surface area contributed by atoms with Crippen molar-refractivity contribution in [2.24, 2.45) is 5.92 Å². The molecule has 17 heavy (non-hydrogen) atoms. The first-order valence-electron chi connectivity index (χ1n) is 6.25. The molecule has 0 bridgehead atoms. The predicted octanol–water partition coefficient (Wildman–Crippen LogP) is 1.12. The number of nitrogens with zero attached hydrogens (tertiary/aromatic N) is 3. The predicted molar refractivity (Wildman–Crippen MR) is 68.2 cm³/mol. The summed E-state index contributed by atoms with van der Waals surface area (Å²) in [5, 5.41) is 12.1. The molecule has 1 aliphatic heterocycles. The van der Waals surface area contributed by atoms with Crippen LogP contribution in [0, 0.1) is 5.92 Å². The molecule has 94 valence electrons. The lowest BCUT2D eigenvalue weighted by Gasteiger charge is -2.17. The Bertz CT molecular complexity index is 358. The molecule has 1 saturated heterocycles. The number of anilines is 2. The molecule has 2 N–H and O–H groups in total. The van der Waals surface area contributed by atoms with Gasteiger partial charge in [0.1, 0.15) is 11.6 Å². The molecule has 5 heteroatoms. The van der Waals surface area contributed by atoms with Gasteiger partial charge in [0, 0.05) is 26.2 Å². The van der Waals surface area contributed by atoms with E-state index in [1.807, 2.05) is 13.1 Å². The zero-order valence-corrected chi connectivity index (χ0v) is 10.3. The molecular weight excluding hydrogens is 216 g/mol. The fourth-order valence-electron chi connectivity index (χ4n) is 2.23. The molecule has 0 aromatic carbocycles. The van der Waals surface area contributed by atoms with E-state index in [1.165, 1.54) is 0 Å². The van der Waals surface area contributed by atoms with Crippen molar-refractivity contribution in [2.45, 2.75) is 19.8 Å². The van der Waals surface area contributed by atoms with Crippen LogP contribution in [0.1, 0.15) is 19.8 Å². The third kappa shape index (κ3) is 3.06. The van der Waals surface area contributed by atoms with E-state index in [0.29, 0.717) is 5.92 Å². The summed E-state index contributed by atoms with van der Waals surface area (Å²) < 4.78 is 0. The molecule has 1 fully saturated rings. The zero-order chi connectivity index (χ0) is 12.1. The van der Waals surface area contributed by atoms with Gasteiger partial charge in [-0.1, -0.05) is 0 Å². The number of rotatable bonds is 5. The molecule has 2 heterocycles. The second kappa shape index (κ2) is 5.82. The highest BCUT2D eigenvalue weighted by atomic mass is 16.3. The highest BCUT2D eigenvalue weighted by Gasteiger charge is 2.23. The van der Waals surface area contributed by atoms with Crippen molar-refractivity contribution < 1.29 is 5.11 Å². The van der Waals surface area contributed by atoms with Crippen molar-refractivity contribution in [1.29, 1.82) is 0 Å². The molecule has 1 unspecified atom stereocenters. The van der Waals surface area contributed by atoms with E-state index >= 15 is 0 Å². The Labute approximate surface area is 102 Å². The van der Waals surface area contributed by atoms with Gasteiger partial charge < -0.3 is 15.3 Å². The third-order valence-electron chi connectivity index (χ3n) is 3.13. The van der Waals surface area contributed by atoms with E-state index in [4.69, 9.17) is 5.11 Å². The first kappa shape index (κ1) is 12.1. The maximum Gasteiger partial charge on any atom is 0.149 e. The summed E-state index contributed by atoms with van der Waals surface area (Å²) in [5.74, 6) is 2.35. The molecular formula is C12H20N4O. The number of aromatic nitrogens is 2. The summed E-state index contributed by atoms with van der Waals surface area (Å²) in [7, 11) is 0. The van der Waals surface area contributed by atoms with Crippen LogP contribution in [0.25, 0.3) is 0 Å². The lowest BCUT2D eigenvalue weighted by Crippen LogP contribution is -2.21. The van der Waals surface area contributed by atoms with Gasteiger partial charge in [0.25, 0.3) is 0 Å². The Kier molecular flexibility index (Phi) is 4.14. The van der Waals surface area contributed by atoms with Crippen molar-refractivity contribution in [3.8, 4) is 0 Å². The molecule has 0 spiro atoms. The van der Waals surface area contributed by atoms with Crippen LogP contribution in [0.2, 0.25) is 0 Å². The standard InChI is InChI=1S/C12H20N4O/c1-2-14-11-7-13-8-12(15-11)16-5-3-10(9-16)4-6-17/h7-8,10,17H,2-6,9H2,1H3,(H,14,15). The van der Waals surface area contributed by atoms with Gasteiger partial charge in [-0.25, -0.2) is 4.98 Å². The van der Waals surface area contributed by atoms with Gasteiger partial charge in [0.15, 0.2) is 0 Å².